The van der Waals surface area contributed by atoms with Crippen LogP contribution in [0.1, 0.15) is 5.76 Å². The number of rotatable bonds is 9. The van der Waals surface area contributed by atoms with Crippen LogP contribution in [0.2, 0.25) is 0 Å². The van der Waals surface area contributed by atoms with Gasteiger partial charge in [-0.25, -0.2) is 4.98 Å². The monoisotopic (exact) mass is 452 g/mol. The quantitative estimate of drug-likeness (QED) is 0.382. The van der Waals surface area contributed by atoms with Crippen LogP contribution in [0.25, 0.3) is 11.5 Å². The zero-order valence-electron chi connectivity index (χ0n) is 17.4. The van der Waals surface area contributed by atoms with E-state index in [2.05, 4.69) is 25.5 Å². The third-order valence-electron chi connectivity index (χ3n) is 4.42. The van der Waals surface area contributed by atoms with Crippen molar-refractivity contribution in [1.82, 2.24) is 24.7 Å². The molecule has 0 bridgehead atoms. The topological polar surface area (TPSA) is 117 Å². The van der Waals surface area contributed by atoms with Crippen molar-refractivity contribution in [2.45, 2.75) is 11.7 Å². The van der Waals surface area contributed by atoms with Gasteiger partial charge in [-0.05, 0) is 24.3 Å². The molecule has 0 fully saturated rings. The Morgan fingerprint density at radius 1 is 1.19 bits per heavy atom. The highest BCUT2D eigenvalue weighted by molar-refractivity contribution is 7.99. The minimum Gasteiger partial charge on any atom is -0.497 e. The number of hydrogen-bond acceptors (Lipinski definition) is 9. The summed E-state index contributed by atoms with van der Waals surface area (Å²) in [4.78, 5) is 21.0. The molecule has 3 aromatic heterocycles. The van der Waals surface area contributed by atoms with E-state index in [1.807, 2.05) is 16.7 Å². The number of carbonyl (C=O) groups is 1. The molecule has 0 unspecified atom stereocenters. The zero-order chi connectivity index (χ0) is 22.3. The summed E-state index contributed by atoms with van der Waals surface area (Å²) in [5.74, 6) is 2.31. The van der Waals surface area contributed by atoms with Gasteiger partial charge in [-0.1, -0.05) is 11.8 Å². The first-order valence-electron chi connectivity index (χ1n) is 9.54. The molecule has 1 amide bonds. The SMILES string of the molecule is COc1ccc(NC(=O)CSc2nnc(-c3cnccn3)n2Cc2ccco2)c(OC)c1. The first-order valence-corrected chi connectivity index (χ1v) is 10.5. The first-order chi connectivity index (χ1) is 15.7. The minimum atomic E-state index is -0.216. The lowest BCUT2D eigenvalue weighted by molar-refractivity contribution is -0.113. The number of aromatic nitrogens is 5. The number of benzene rings is 1. The lowest BCUT2D eigenvalue weighted by Crippen LogP contribution is -2.15. The van der Waals surface area contributed by atoms with Crippen LogP contribution in [-0.4, -0.2) is 50.6 Å². The molecule has 0 aliphatic heterocycles. The summed E-state index contributed by atoms with van der Waals surface area (Å²) in [6.07, 6.45) is 6.39. The number of methoxy groups -OCH3 is 2. The van der Waals surface area contributed by atoms with Crippen molar-refractivity contribution in [3.8, 4) is 23.0 Å². The Hall–Kier alpha value is -3.86. The van der Waals surface area contributed by atoms with Gasteiger partial charge in [-0.3, -0.25) is 14.3 Å². The predicted octanol–water partition coefficient (Wildman–Crippen LogP) is 3.12. The number of furan rings is 1. The van der Waals surface area contributed by atoms with Crippen molar-refractivity contribution in [3.63, 3.8) is 0 Å². The van der Waals surface area contributed by atoms with Gasteiger partial charge in [0.1, 0.15) is 23.0 Å². The molecule has 10 nitrogen and oxygen atoms in total. The highest BCUT2D eigenvalue weighted by atomic mass is 32.2. The van der Waals surface area contributed by atoms with E-state index in [1.165, 1.54) is 18.9 Å². The molecule has 1 N–H and O–H groups in total. The van der Waals surface area contributed by atoms with E-state index in [1.54, 1.807) is 50.2 Å². The summed E-state index contributed by atoms with van der Waals surface area (Å²) in [5, 5.41) is 11.9. The molecule has 32 heavy (non-hydrogen) atoms. The Bertz CT molecular complexity index is 1180. The molecule has 164 valence electrons. The second-order valence-corrected chi connectivity index (χ2v) is 7.41. The van der Waals surface area contributed by atoms with Gasteiger partial charge < -0.3 is 19.2 Å². The fourth-order valence-corrected chi connectivity index (χ4v) is 3.66. The number of anilines is 1. The van der Waals surface area contributed by atoms with Gasteiger partial charge in [0.2, 0.25) is 5.91 Å². The molecule has 0 radical (unpaired) electrons. The average Bonchev–Trinajstić information content (AvgIpc) is 3.49. The lowest BCUT2D eigenvalue weighted by Gasteiger charge is -2.12. The Morgan fingerprint density at radius 3 is 2.81 bits per heavy atom. The Morgan fingerprint density at radius 2 is 2.09 bits per heavy atom. The van der Waals surface area contributed by atoms with Gasteiger partial charge in [0.05, 0.1) is 44.7 Å². The molecule has 1 aromatic carbocycles. The van der Waals surface area contributed by atoms with Crippen molar-refractivity contribution in [3.05, 3.63) is 60.9 Å². The van der Waals surface area contributed by atoms with E-state index >= 15 is 0 Å². The van der Waals surface area contributed by atoms with Gasteiger partial charge in [-0.15, -0.1) is 10.2 Å². The summed E-state index contributed by atoms with van der Waals surface area (Å²) < 4.78 is 17.8. The van der Waals surface area contributed by atoms with Gasteiger partial charge in [0.25, 0.3) is 0 Å². The molecule has 0 saturated heterocycles. The molecule has 4 aromatic rings. The fourth-order valence-electron chi connectivity index (χ4n) is 2.92. The number of ether oxygens (including phenoxy) is 2. The highest BCUT2D eigenvalue weighted by Crippen LogP contribution is 2.30. The van der Waals surface area contributed by atoms with Crippen LogP contribution in [0.15, 0.2) is 64.8 Å². The minimum absolute atomic E-state index is 0.117. The Labute approximate surface area is 188 Å². The lowest BCUT2D eigenvalue weighted by atomic mass is 10.2. The Balaban J connectivity index is 1.50. The summed E-state index contributed by atoms with van der Waals surface area (Å²) >= 11 is 1.25. The molecular formula is C21H20N6O4S. The zero-order valence-corrected chi connectivity index (χ0v) is 18.2. The summed E-state index contributed by atoms with van der Waals surface area (Å²) in [6.45, 7) is 0.391. The molecule has 0 aliphatic rings. The van der Waals surface area contributed by atoms with E-state index in [0.717, 1.165) is 5.76 Å². The number of nitrogens with zero attached hydrogens (tertiary/aromatic N) is 5. The maximum atomic E-state index is 12.6. The summed E-state index contributed by atoms with van der Waals surface area (Å²) in [6, 6.07) is 8.85. The number of hydrogen-bond donors (Lipinski definition) is 1. The van der Waals surface area contributed by atoms with Crippen molar-refractivity contribution in [2.75, 3.05) is 25.3 Å². The third kappa shape index (κ3) is 4.89. The van der Waals surface area contributed by atoms with Crippen LogP contribution in [0.3, 0.4) is 0 Å². The third-order valence-corrected chi connectivity index (χ3v) is 5.39. The van der Waals surface area contributed by atoms with E-state index in [9.17, 15) is 4.79 Å². The molecule has 0 saturated carbocycles. The summed E-state index contributed by atoms with van der Waals surface area (Å²) in [5.41, 5.74) is 1.13. The predicted molar refractivity (Wildman–Crippen MR) is 118 cm³/mol. The number of nitrogens with one attached hydrogen (secondary N) is 1. The van der Waals surface area contributed by atoms with Crippen LogP contribution in [0, 0.1) is 0 Å². The molecule has 0 atom stereocenters. The standard InChI is InChI=1S/C21H20N6O4S/c1-29-14-5-6-16(18(10-14)30-2)24-19(28)13-32-21-26-25-20(17-11-22-7-8-23-17)27(21)12-15-4-3-9-31-15/h3-11H,12-13H2,1-2H3,(H,24,28). The van der Waals surface area contributed by atoms with Gasteiger partial charge in [0, 0.05) is 18.5 Å². The van der Waals surface area contributed by atoms with Gasteiger partial charge in [0.15, 0.2) is 11.0 Å². The summed E-state index contributed by atoms with van der Waals surface area (Å²) in [7, 11) is 3.10. The van der Waals surface area contributed by atoms with Crippen molar-refractivity contribution < 1.29 is 18.7 Å². The Kier molecular flexibility index (Phi) is 6.66. The fraction of sp³-hybridized carbons (Fsp3) is 0.190. The van der Waals surface area contributed by atoms with Crippen molar-refractivity contribution in [1.29, 1.82) is 0 Å². The molecular weight excluding hydrogens is 432 g/mol. The van der Waals surface area contributed by atoms with Gasteiger partial charge in [-0.2, -0.15) is 0 Å². The largest absolute Gasteiger partial charge is 0.497 e. The molecule has 11 heteroatoms. The number of amides is 1. The normalized spacial score (nSPS) is 10.7. The smallest absolute Gasteiger partial charge is 0.234 e. The van der Waals surface area contributed by atoms with Crippen LogP contribution in [0.4, 0.5) is 5.69 Å². The number of thioether (sulfide) groups is 1. The molecule has 3 heterocycles. The van der Waals surface area contributed by atoms with Crippen LogP contribution < -0.4 is 14.8 Å². The van der Waals surface area contributed by atoms with Gasteiger partial charge >= 0.3 is 0 Å². The van der Waals surface area contributed by atoms with Crippen molar-refractivity contribution >= 4 is 23.4 Å². The maximum absolute atomic E-state index is 12.6. The first kappa shape index (κ1) is 21.4. The second-order valence-electron chi connectivity index (χ2n) is 6.47. The van der Waals surface area contributed by atoms with Crippen LogP contribution in [-0.2, 0) is 11.3 Å². The molecule has 0 aliphatic carbocycles. The van der Waals surface area contributed by atoms with E-state index < -0.39 is 0 Å². The number of carbonyl (C=O) groups excluding carboxylic acids is 1. The maximum Gasteiger partial charge on any atom is 0.234 e. The molecule has 0 spiro atoms. The van der Waals surface area contributed by atoms with Crippen molar-refractivity contribution in [2.24, 2.45) is 0 Å². The van der Waals surface area contributed by atoms with E-state index in [0.29, 0.717) is 40.4 Å². The van der Waals surface area contributed by atoms with Crippen LogP contribution in [0.5, 0.6) is 11.5 Å². The van der Waals surface area contributed by atoms with Crippen LogP contribution >= 0.6 is 11.8 Å². The second kappa shape index (κ2) is 9.96. The highest BCUT2D eigenvalue weighted by Gasteiger charge is 2.18. The molecule has 4 rings (SSSR count). The average molecular weight is 452 g/mol. The van der Waals surface area contributed by atoms with E-state index in [-0.39, 0.29) is 11.7 Å². The van der Waals surface area contributed by atoms with E-state index in [4.69, 9.17) is 13.9 Å².